The van der Waals surface area contributed by atoms with Gasteiger partial charge in [-0.05, 0) is 6.92 Å². The van der Waals surface area contributed by atoms with E-state index in [1.807, 2.05) is 6.92 Å². The Balaban J connectivity index is 1.84. The van der Waals surface area contributed by atoms with Crippen LogP contribution in [-0.2, 0) is 4.79 Å². The molecular formula is C9H11N3O3S. The minimum atomic E-state index is -0.853. The van der Waals surface area contributed by atoms with Crippen LogP contribution in [0.15, 0.2) is 6.20 Å². The number of rotatable bonds is 2. The number of aliphatic carboxylic acids is 1. The van der Waals surface area contributed by atoms with E-state index < -0.39 is 11.9 Å². The molecule has 1 saturated heterocycles. The first-order valence-electron chi connectivity index (χ1n) is 4.77. The summed E-state index contributed by atoms with van der Waals surface area (Å²) in [6.07, 6.45) is 1.68. The quantitative estimate of drug-likeness (QED) is 0.809. The Morgan fingerprint density at radius 2 is 2.31 bits per heavy atom. The molecule has 0 aliphatic carbocycles. The number of aryl methyl sites for hydroxylation is 1. The van der Waals surface area contributed by atoms with Gasteiger partial charge in [0, 0.05) is 24.2 Å². The zero-order valence-electron chi connectivity index (χ0n) is 8.64. The van der Waals surface area contributed by atoms with E-state index in [4.69, 9.17) is 5.11 Å². The first-order valence-corrected chi connectivity index (χ1v) is 5.59. The average molecular weight is 241 g/mol. The highest BCUT2D eigenvalue weighted by Crippen LogP contribution is 2.20. The first kappa shape index (κ1) is 10.9. The second-order valence-electron chi connectivity index (χ2n) is 3.65. The van der Waals surface area contributed by atoms with Crippen LogP contribution in [-0.4, -0.2) is 40.1 Å². The average Bonchev–Trinajstić information content (AvgIpc) is 2.47. The van der Waals surface area contributed by atoms with Crippen LogP contribution in [0.25, 0.3) is 0 Å². The fourth-order valence-electron chi connectivity index (χ4n) is 1.38. The second kappa shape index (κ2) is 4.09. The Morgan fingerprint density at radius 1 is 1.62 bits per heavy atom. The maximum atomic E-state index is 11.6. The van der Waals surface area contributed by atoms with Gasteiger partial charge in [0.2, 0.25) is 0 Å². The lowest BCUT2D eigenvalue weighted by Crippen LogP contribution is -2.54. The monoisotopic (exact) mass is 241 g/mol. The minimum Gasteiger partial charge on any atom is -0.481 e. The van der Waals surface area contributed by atoms with Crippen molar-refractivity contribution in [3.63, 3.8) is 0 Å². The Kier molecular flexibility index (Phi) is 2.78. The number of carboxylic acid groups (broad SMARTS) is 1. The molecule has 0 bridgehead atoms. The number of carbonyl (C=O) groups is 2. The molecule has 0 unspecified atom stereocenters. The van der Waals surface area contributed by atoms with Gasteiger partial charge in [-0.2, -0.15) is 0 Å². The molecule has 0 saturated carbocycles. The third kappa shape index (κ3) is 2.13. The highest BCUT2D eigenvalue weighted by atomic mass is 32.1. The summed E-state index contributed by atoms with van der Waals surface area (Å²) in [5, 5.41) is 11.8. The fraction of sp³-hybridized carbons (Fsp3) is 0.444. The molecule has 7 heteroatoms. The van der Waals surface area contributed by atoms with Crippen LogP contribution in [0.2, 0.25) is 0 Å². The molecule has 0 atom stereocenters. The van der Waals surface area contributed by atoms with Crippen LogP contribution >= 0.6 is 11.3 Å². The van der Waals surface area contributed by atoms with Gasteiger partial charge in [-0.25, -0.2) is 9.78 Å². The third-order valence-electron chi connectivity index (χ3n) is 2.35. The van der Waals surface area contributed by atoms with Crippen LogP contribution in [0, 0.1) is 12.8 Å². The number of thiazole rings is 1. The molecule has 1 aliphatic heterocycles. The van der Waals surface area contributed by atoms with Crippen molar-refractivity contribution >= 4 is 28.5 Å². The summed E-state index contributed by atoms with van der Waals surface area (Å²) >= 11 is 1.39. The van der Waals surface area contributed by atoms with Crippen molar-refractivity contribution in [3.05, 3.63) is 11.1 Å². The summed E-state index contributed by atoms with van der Waals surface area (Å²) in [7, 11) is 0. The van der Waals surface area contributed by atoms with E-state index in [9.17, 15) is 9.59 Å². The number of carboxylic acids is 1. The maximum absolute atomic E-state index is 11.6. The number of carbonyl (C=O) groups excluding carboxylic acids is 1. The third-order valence-corrected chi connectivity index (χ3v) is 3.18. The van der Waals surface area contributed by atoms with Crippen molar-refractivity contribution in [2.75, 3.05) is 18.4 Å². The molecule has 0 spiro atoms. The highest BCUT2D eigenvalue weighted by Gasteiger charge is 2.35. The summed E-state index contributed by atoms with van der Waals surface area (Å²) in [5.41, 5.74) is 0. The number of urea groups is 1. The first-order chi connectivity index (χ1) is 7.56. The number of likely N-dealkylation sites (tertiary alicyclic amines) is 1. The molecule has 0 radical (unpaired) electrons. The summed E-state index contributed by atoms with van der Waals surface area (Å²) in [6.45, 7) is 2.44. The summed E-state index contributed by atoms with van der Waals surface area (Å²) in [4.78, 5) is 28.6. The van der Waals surface area contributed by atoms with E-state index in [2.05, 4.69) is 10.3 Å². The summed E-state index contributed by atoms with van der Waals surface area (Å²) < 4.78 is 0. The van der Waals surface area contributed by atoms with Crippen LogP contribution in [0.1, 0.15) is 4.88 Å². The SMILES string of the molecule is Cc1cnc(NC(=O)N2CC(C(=O)O)C2)s1. The van der Waals surface area contributed by atoms with Crippen LogP contribution in [0.4, 0.5) is 9.93 Å². The molecule has 6 nitrogen and oxygen atoms in total. The van der Waals surface area contributed by atoms with Crippen molar-refractivity contribution in [3.8, 4) is 0 Å². The molecule has 1 aromatic heterocycles. The molecule has 2 amide bonds. The highest BCUT2D eigenvalue weighted by molar-refractivity contribution is 7.15. The number of hydrogen-bond donors (Lipinski definition) is 2. The second-order valence-corrected chi connectivity index (χ2v) is 4.88. The van der Waals surface area contributed by atoms with Gasteiger partial charge in [-0.15, -0.1) is 11.3 Å². The predicted molar refractivity (Wildman–Crippen MR) is 58.6 cm³/mol. The van der Waals surface area contributed by atoms with Crippen molar-refractivity contribution in [1.82, 2.24) is 9.88 Å². The molecule has 2 heterocycles. The van der Waals surface area contributed by atoms with Gasteiger partial charge in [0.15, 0.2) is 5.13 Å². The van der Waals surface area contributed by atoms with Crippen molar-refractivity contribution in [2.45, 2.75) is 6.92 Å². The molecule has 1 aliphatic rings. The zero-order chi connectivity index (χ0) is 11.7. The fourth-order valence-corrected chi connectivity index (χ4v) is 2.04. The number of amides is 2. The molecule has 2 rings (SSSR count). The Morgan fingerprint density at radius 3 is 2.81 bits per heavy atom. The van der Waals surface area contributed by atoms with Gasteiger partial charge >= 0.3 is 12.0 Å². The smallest absolute Gasteiger partial charge is 0.323 e. The van der Waals surface area contributed by atoms with E-state index in [0.29, 0.717) is 5.13 Å². The Labute approximate surface area is 95.9 Å². The topological polar surface area (TPSA) is 82.5 Å². The standard InChI is InChI=1S/C9H11N3O3S/c1-5-2-10-8(16-5)11-9(15)12-3-6(4-12)7(13)14/h2,6H,3-4H2,1H3,(H,13,14)(H,10,11,15). The van der Waals surface area contributed by atoms with Gasteiger partial charge in [-0.1, -0.05) is 0 Å². The largest absolute Gasteiger partial charge is 0.481 e. The number of anilines is 1. The van der Waals surface area contributed by atoms with E-state index >= 15 is 0 Å². The summed E-state index contributed by atoms with van der Waals surface area (Å²) in [6, 6.07) is -0.285. The van der Waals surface area contributed by atoms with E-state index in [0.717, 1.165) is 4.88 Å². The summed E-state index contributed by atoms with van der Waals surface area (Å²) in [5.74, 6) is -1.28. The number of aromatic nitrogens is 1. The normalized spacial score (nSPS) is 15.7. The van der Waals surface area contributed by atoms with Gasteiger partial charge < -0.3 is 10.0 Å². The molecule has 1 fully saturated rings. The molecule has 0 aromatic carbocycles. The minimum absolute atomic E-state index is 0.269. The lowest BCUT2D eigenvalue weighted by atomic mass is 10.0. The zero-order valence-corrected chi connectivity index (χ0v) is 9.45. The Hall–Kier alpha value is -1.63. The van der Waals surface area contributed by atoms with Crippen LogP contribution in [0.5, 0.6) is 0 Å². The van der Waals surface area contributed by atoms with Crippen molar-refractivity contribution in [1.29, 1.82) is 0 Å². The molecule has 86 valence electrons. The van der Waals surface area contributed by atoms with Crippen molar-refractivity contribution in [2.24, 2.45) is 5.92 Å². The maximum Gasteiger partial charge on any atom is 0.323 e. The van der Waals surface area contributed by atoms with Crippen molar-refractivity contribution < 1.29 is 14.7 Å². The molecule has 16 heavy (non-hydrogen) atoms. The molecule has 2 N–H and O–H groups in total. The molecule has 1 aromatic rings. The van der Waals surface area contributed by atoms with Gasteiger partial charge in [0.1, 0.15) is 0 Å². The van der Waals surface area contributed by atoms with Gasteiger partial charge in [0.05, 0.1) is 5.92 Å². The van der Waals surface area contributed by atoms with Crippen LogP contribution in [0.3, 0.4) is 0 Å². The van der Waals surface area contributed by atoms with Gasteiger partial charge in [0.25, 0.3) is 0 Å². The van der Waals surface area contributed by atoms with E-state index in [-0.39, 0.29) is 19.1 Å². The van der Waals surface area contributed by atoms with Crippen LogP contribution < -0.4 is 5.32 Å². The number of nitrogens with one attached hydrogen (secondary N) is 1. The van der Waals surface area contributed by atoms with E-state index in [1.165, 1.54) is 16.2 Å². The van der Waals surface area contributed by atoms with E-state index in [1.54, 1.807) is 6.20 Å². The number of nitrogens with zero attached hydrogens (tertiary/aromatic N) is 2. The van der Waals surface area contributed by atoms with Gasteiger partial charge in [-0.3, -0.25) is 10.1 Å². The number of hydrogen-bond acceptors (Lipinski definition) is 4. The lowest BCUT2D eigenvalue weighted by Gasteiger charge is -2.36. The molecular weight excluding hydrogens is 230 g/mol. The predicted octanol–water partition coefficient (Wildman–Crippen LogP) is 1.000. The lowest BCUT2D eigenvalue weighted by molar-refractivity contribution is -0.145. The Bertz CT molecular complexity index is 425.